The van der Waals surface area contributed by atoms with Crippen LogP contribution < -0.4 is 10.2 Å². The van der Waals surface area contributed by atoms with Crippen LogP contribution >= 0.6 is 23.4 Å². The second-order valence-corrected chi connectivity index (χ2v) is 7.84. The lowest BCUT2D eigenvalue weighted by atomic mass is 10.2. The van der Waals surface area contributed by atoms with Crippen LogP contribution in [0.25, 0.3) is 0 Å². The van der Waals surface area contributed by atoms with Gasteiger partial charge in [-0.2, -0.15) is 0 Å². The highest BCUT2D eigenvalue weighted by molar-refractivity contribution is 8.00. The molecule has 2 amide bonds. The Morgan fingerprint density at radius 1 is 1.24 bits per heavy atom. The first-order chi connectivity index (χ1) is 12.0. The largest absolute Gasteiger partial charge is 0.350 e. The second-order valence-electron chi connectivity index (χ2n) is 5.95. The summed E-state index contributed by atoms with van der Waals surface area (Å²) in [5.74, 6) is -0.236. The summed E-state index contributed by atoms with van der Waals surface area (Å²) >= 11 is 7.78. The number of amides is 2. The first kappa shape index (κ1) is 17.8. The highest BCUT2D eigenvalue weighted by atomic mass is 35.5. The predicted octanol–water partition coefficient (Wildman–Crippen LogP) is 3.87. The summed E-state index contributed by atoms with van der Waals surface area (Å²) in [5, 5.41) is 3.65. The molecule has 3 rings (SSSR count). The van der Waals surface area contributed by atoms with Crippen molar-refractivity contribution in [3.63, 3.8) is 0 Å². The van der Waals surface area contributed by atoms with E-state index >= 15 is 0 Å². The van der Waals surface area contributed by atoms with Crippen molar-refractivity contribution in [2.45, 2.75) is 30.0 Å². The van der Waals surface area contributed by atoms with Gasteiger partial charge in [-0.25, -0.2) is 0 Å². The molecule has 25 heavy (non-hydrogen) atoms. The maximum Gasteiger partial charge on any atom is 0.240 e. The van der Waals surface area contributed by atoms with Gasteiger partial charge in [-0.05, 0) is 23.8 Å². The smallest absolute Gasteiger partial charge is 0.240 e. The molecule has 1 aliphatic heterocycles. The molecule has 0 radical (unpaired) electrons. The molecule has 1 aliphatic rings. The summed E-state index contributed by atoms with van der Waals surface area (Å²) in [6.45, 7) is 2.38. The van der Waals surface area contributed by atoms with Crippen LogP contribution in [-0.2, 0) is 16.1 Å². The first-order valence-electron chi connectivity index (χ1n) is 8.11. The summed E-state index contributed by atoms with van der Waals surface area (Å²) < 4.78 is 0. The molecule has 0 aromatic heterocycles. The van der Waals surface area contributed by atoms with Gasteiger partial charge in [0.15, 0.2) is 0 Å². The Hall–Kier alpha value is -1.98. The third-order valence-corrected chi connectivity index (χ3v) is 5.52. The van der Waals surface area contributed by atoms with Crippen molar-refractivity contribution in [3.8, 4) is 0 Å². The minimum Gasteiger partial charge on any atom is -0.350 e. The van der Waals surface area contributed by atoms with Gasteiger partial charge in [-0.1, -0.05) is 48.9 Å². The van der Waals surface area contributed by atoms with Gasteiger partial charge in [0.2, 0.25) is 11.8 Å². The monoisotopic (exact) mass is 374 g/mol. The molecule has 0 saturated heterocycles. The fourth-order valence-corrected chi connectivity index (χ4v) is 4.06. The van der Waals surface area contributed by atoms with Gasteiger partial charge in [0.1, 0.15) is 6.54 Å². The Labute approximate surface area is 156 Å². The van der Waals surface area contributed by atoms with Crippen molar-refractivity contribution in [2.24, 2.45) is 0 Å². The van der Waals surface area contributed by atoms with Crippen molar-refractivity contribution in [1.29, 1.82) is 0 Å². The van der Waals surface area contributed by atoms with Crippen LogP contribution in [0.4, 0.5) is 5.69 Å². The van der Waals surface area contributed by atoms with Crippen molar-refractivity contribution < 1.29 is 9.59 Å². The van der Waals surface area contributed by atoms with Crippen molar-refractivity contribution >= 4 is 40.9 Å². The van der Waals surface area contributed by atoms with Gasteiger partial charge >= 0.3 is 0 Å². The van der Waals surface area contributed by atoms with Gasteiger partial charge in [0, 0.05) is 28.1 Å². The number of thioether (sulfide) groups is 1. The number of halogens is 1. The quantitative estimate of drug-likeness (QED) is 0.883. The van der Waals surface area contributed by atoms with Gasteiger partial charge in [-0.15, -0.1) is 11.8 Å². The maximum atomic E-state index is 12.6. The summed E-state index contributed by atoms with van der Waals surface area (Å²) in [6.07, 6.45) is 0.414. The Bertz CT molecular complexity index is 796. The first-order valence-corrected chi connectivity index (χ1v) is 9.36. The fraction of sp³-hybridized carbons (Fsp3) is 0.263. The Morgan fingerprint density at radius 3 is 2.76 bits per heavy atom. The van der Waals surface area contributed by atoms with Gasteiger partial charge < -0.3 is 10.2 Å². The molecule has 0 fully saturated rings. The lowest BCUT2D eigenvalue weighted by Crippen LogP contribution is -2.40. The lowest BCUT2D eigenvalue weighted by Gasteiger charge is -2.22. The molecule has 6 heteroatoms. The molecule has 0 bridgehead atoms. The highest BCUT2D eigenvalue weighted by Gasteiger charge is 2.27. The van der Waals surface area contributed by atoms with Gasteiger partial charge in [-0.3, -0.25) is 9.59 Å². The molecule has 0 aliphatic carbocycles. The Morgan fingerprint density at radius 2 is 1.96 bits per heavy atom. The maximum absolute atomic E-state index is 12.6. The van der Waals surface area contributed by atoms with Crippen LogP contribution in [0.1, 0.15) is 18.9 Å². The van der Waals surface area contributed by atoms with E-state index in [1.165, 1.54) is 0 Å². The van der Waals surface area contributed by atoms with Crippen LogP contribution in [0.15, 0.2) is 53.4 Å². The highest BCUT2D eigenvalue weighted by Crippen LogP contribution is 2.37. The summed E-state index contributed by atoms with van der Waals surface area (Å²) in [5.41, 5.74) is 1.65. The predicted molar refractivity (Wildman–Crippen MR) is 102 cm³/mol. The molecule has 0 unspecified atom stereocenters. The zero-order chi connectivity index (χ0) is 17.8. The number of anilines is 1. The number of nitrogens with zero attached hydrogens (tertiary/aromatic N) is 1. The standard InChI is InChI=1S/C19H19ClN2O2S/c1-13-10-19(24)22(16-8-4-5-9-17(16)25-13)12-18(23)21-11-14-6-2-3-7-15(14)20/h2-9,13H,10-12H2,1H3,(H,21,23)/t13-/m1/s1. The van der Waals surface area contributed by atoms with Crippen LogP contribution in [0.2, 0.25) is 5.02 Å². The number of hydrogen-bond acceptors (Lipinski definition) is 3. The number of fused-ring (bicyclic) bond motifs is 1. The average molecular weight is 375 g/mol. The second kappa shape index (κ2) is 7.93. The minimum atomic E-state index is -0.206. The molecular weight excluding hydrogens is 356 g/mol. The molecule has 2 aromatic rings. The molecule has 1 heterocycles. The van der Waals surface area contributed by atoms with Crippen molar-refractivity contribution in [1.82, 2.24) is 5.32 Å². The summed E-state index contributed by atoms with van der Waals surface area (Å²) in [6, 6.07) is 15.1. The molecule has 0 spiro atoms. The van der Waals surface area contributed by atoms with E-state index in [9.17, 15) is 9.59 Å². The van der Waals surface area contributed by atoms with Crippen LogP contribution in [0.5, 0.6) is 0 Å². The SMILES string of the molecule is C[C@@H]1CC(=O)N(CC(=O)NCc2ccccc2Cl)c2ccccc2S1. The average Bonchev–Trinajstić information content (AvgIpc) is 2.70. The third-order valence-electron chi connectivity index (χ3n) is 3.98. The number of benzene rings is 2. The lowest BCUT2D eigenvalue weighted by molar-refractivity contribution is -0.123. The molecule has 2 aromatic carbocycles. The number of para-hydroxylation sites is 1. The zero-order valence-electron chi connectivity index (χ0n) is 13.9. The van der Waals surface area contributed by atoms with Crippen molar-refractivity contribution in [2.75, 3.05) is 11.4 Å². The van der Waals surface area contributed by atoms with Crippen LogP contribution in [0, 0.1) is 0 Å². The number of rotatable bonds is 4. The fourth-order valence-electron chi connectivity index (χ4n) is 2.74. The Kier molecular flexibility index (Phi) is 5.66. The number of hydrogen-bond donors (Lipinski definition) is 1. The van der Waals surface area contributed by atoms with E-state index in [1.54, 1.807) is 22.7 Å². The van der Waals surface area contributed by atoms with E-state index in [1.807, 2.05) is 49.4 Å². The third kappa shape index (κ3) is 4.35. The van der Waals surface area contributed by atoms with Gasteiger partial charge in [0.05, 0.1) is 5.69 Å². The number of carbonyl (C=O) groups excluding carboxylic acids is 2. The Balaban J connectivity index is 1.71. The summed E-state index contributed by atoms with van der Waals surface area (Å²) in [7, 11) is 0. The van der Waals surface area contributed by atoms with E-state index in [0.29, 0.717) is 18.0 Å². The van der Waals surface area contributed by atoms with E-state index in [-0.39, 0.29) is 23.6 Å². The minimum absolute atomic E-state index is 0.00752. The van der Waals surface area contributed by atoms with E-state index in [0.717, 1.165) is 16.1 Å². The normalized spacial score (nSPS) is 17.0. The van der Waals surface area contributed by atoms with Crippen molar-refractivity contribution in [3.05, 3.63) is 59.1 Å². The van der Waals surface area contributed by atoms with E-state index in [2.05, 4.69) is 5.32 Å². The molecule has 0 saturated carbocycles. The van der Waals surface area contributed by atoms with E-state index in [4.69, 9.17) is 11.6 Å². The van der Waals surface area contributed by atoms with Crippen LogP contribution in [0.3, 0.4) is 0 Å². The molecule has 1 N–H and O–H groups in total. The number of nitrogens with one attached hydrogen (secondary N) is 1. The molecule has 1 atom stereocenters. The van der Waals surface area contributed by atoms with E-state index < -0.39 is 0 Å². The summed E-state index contributed by atoms with van der Waals surface area (Å²) in [4.78, 5) is 27.6. The number of carbonyl (C=O) groups is 2. The zero-order valence-corrected chi connectivity index (χ0v) is 15.4. The molecule has 4 nitrogen and oxygen atoms in total. The molecular formula is C19H19ClN2O2S. The molecule has 130 valence electrons. The van der Waals surface area contributed by atoms with Gasteiger partial charge in [0.25, 0.3) is 0 Å². The topological polar surface area (TPSA) is 49.4 Å². The van der Waals surface area contributed by atoms with Crippen LogP contribution in [-0.4, -0.2) is 23.6 Å².